The highest BCUT2D eigenvalue weighted by Gasteiger charge is 2.26. The predicted octanol–water partition coefficient (Wildman–Crippen LogP) is 2.46. The quantitative estimate of drug-likeness (QED) is 0.454. The van der Waals surface area contributed by atoms with E-state index in [9.17, 15) is 14.9 Å². The first-order valence-electron chi connectivity index (χ1n) is 4.00. The van der Waals surface area contributed by atoms with Gasteiger partial charge in [0.25, 0.3) is 0 Å². The molecule has 0 atom stereocenters. The summed E-state index contributed by atoms with van der Waals surface area (Å²) in [5, 5.41) is 10.8. The summed E-state index contributed by atoms with van der Waals surface area (Å²) in [7, 11) is 1.29. The number of nitro benzene ring substituents is 1. The zero-order chi connectivity index (χ0) is 11.6. The van der Waals surface area contributed by atoms with Crippen LogP contribution in [0, 0.1) is 10.1 Å². The standard InChI is InChI=1S/C9H8ClNO4/c1-5(12)8-6(10)3-4-7(15-2)9(8)11(13)14/h3-4H,1-2H3. The van der Waals surface area contributed by atoms with Crippen LogP contribution in [0.2, 0.25) is 5.02 Å². The molecular formula is C9H8ClNO4. The molecule has 0 bridgehead atoms. The van der Waals surface area contributed by atoms with E-state index in [4.69, 9.17) is 16.3 Å². The first kappa shape index (κ1) is 11.5. The van der Waals surface area contributed by atoms with Gasteiger partial charge in [0.2, 0.25) is 0 Å². The van der Waals surface area contributed by atoms with E-state index in [1.54, 1.807) is 0 Å². The van der Waals surface area contributed by atoms with Gasteiger partial charge in [-0.3, -0.25) is 14.9 Å². The fourth-order valence-electron chi connectivity index (χ4n) is 1.23. The molecule has 0 radical (unpaired) electrons. The molecular weight excluding hydrogens is 222 g/mol. The van der Waals surface area contributed by atoms with E-state index < -0.39 is 16.4 Å². The fraction of sp³-hybridized carbons (Fsp3) is 0.222. The van der Waals surface area contributed by atoms with Gasteiger partial charge < -0.3 is 4.74 Å². The average molecular weight is 230 g/mol. The summed E-state index contributed by atoms with van der Waals surface area (Å²) in [6.07, 6.45) is 0. The number of ketones is 1. The highest BCUT2D eigenvalue weighted by atomic mass is 35.5. The van der Waals surface area contributed by atoms with Crippen molar-refractivity contribution < 1.29 is 14.5 Å². The van der Waals surface area contributed by atoms with Crippen LogP contribution < -0.4 is 4.74 Å². The minimum absolute atomic E-state index is 0.0228. The highest BCUT2D eigenvalue weighted by Crippen LogP contribution is 2.35. The summed E-state index contributed by atoms with van der Waals surface area (Å²) in [4.78, 5) is 21.3. The van der Waals surface area contributed by atoms with Crippen molar-refractivity contribution in [1.82, 2.24) is 0 Å². The molecule has 0 aliphatic heterocycles. The van der Waals surface area contributed by atoms with Gasteiger partial charge in [0.15, 0.2) is 11.5 Å². The summed E-state index contributed by atoms with van der Waals surface area (Å²) in [6, 6.07) is 2.75. The second-order valence-electron chi connectivity index (χ2n) is 2.79. The van der Waals surface area contributed by atoms with E-state index in [0.29, 0.717) is 0 Å². The van der Waals surface area contributed by atoms with Gasteiger partial charge in [-0.2, -0.15) is 0 Å². The normalized spacial score (nSPS) is 9.80. The topological polar surface area (TPSA) is 69.4 Å². The second-order valence-corrected chi connectivity index (χ2v) is 3.19. The Morgan fingerprint density at radius 1 is 1.53 bits per heavy atom. The Morgan fingerprint density at radius 2 is 2.13 bits per heavy atom. The van der Waals surface area contributed by atoms with Gasteiger partial charge >= 0.3 is 5.69 Å². The summed E-state index contributed by atoms with van der Waals surface area (Å²) < 4.78 is 4.80. The number of ether oxygens (including phenoxy) is 1. The Hall–Kier alpha value is -1.62. The Labute approximate surface area is 90.8 Å². The zero-order valence-corrected chi connectivity index (χ0v) is 8.87. The molecule has 0 unspecified atom stereocenters. The SMILES string of the molecule is COc1ccc(Cl)c(C(C)=O)c1[N+](=O)[O-]. The minimum atomic E-state index is -0.679. The molecule has 1 rings (SSSR count). The molecule has 5 nitrogen and oxygen atoms in total. The molecule has 0 fully saturated rings. The molecule has 80 valence electrons. The van der Waals surface area contributed by atoms with Crippen molar-refractivity contribution in [2.24, 2.45) is 0 Å². The lowest BCUT2D eigenvalue weighted by Crippen LogP contribution is -2.03. The van der Waals surface area contributed by atoms with E-state index in [-0.39, 0.29) is 16.3 Å². The van der Waals surface area contributed by atoms with Gasteiger partial charge in [-0.05, 0) is 19.1 Å². The largest absolute Gasteiger partial charge is 0.490 e. The third-order valence-electron chi connectivity index (χ3n) is 1.84. The summed E-state index contributed by atoms with van der Waals surface area (Å²) in [5.74, 6) is -0.444. The number of benzene rings is 1. The molecule has 1 aromatic rings. The fourth-order valence-corrected chi connectivity index (χ4v) is 1.51. The highest BCUT2D eigenvalue weighted by molar-refractivity contribution is 6.34. The van der Waals surface area contributed by atoms with Crippen LogP contribution in [0.25, 0.3) is 0 Å². The average Bonchev–Trinajstić information content (AvgIpc) is 2.16. The van der Waals surface area contributed by atoms with Crippen molar-refractivity contribution in [1.29, 1.82) is 0 Å². The predicted molar refractivity (Wildman–Crippen MR) is 54.7 cm³/mol. The van der Waals surface area contributed by atoms with E-state index in [2.05, 4.69) is 0 Å². The van der Waals surface area contributed by atoms with Gasteiger partial charge in [0.1, 0.15) is 5.56 Å². The molecule has 1 aromatic carbocycles. The number of Topliss-reactive ketones (excluding diaryl/α,β-unsaturated/α-hetero) is 1. The van der Waals surface area contributed by atoms with Gasteiger partial charge in [0, 0.05) is 0 Å². The maximum Gasteiger partial charge on any atom is 0.323 e. The van der Waals surface area contributed by atoms with E-state index >= 15 is 0 Å². The van der Waals surface area contributed by atoms with Crippen LogP contribution in [0.4, 0.5) is 5.69 Å². The molecule has 0 aliphatic carbocycles. The lowest BCUT2D eigenvalue weighted by atomic mass is 10.1. The van der Waals surface area contributed by atoms with Crippen molar-refractivity contribution in [3.63, 3.8) is 0 Å². The number of methoxy groups -OCH3 is 1. The number of rotatable bonds is 3. The van der Waals surface area contributed by atoms with Crippen LogP contribution in [0.3, 0.4) is 0 Å². The molecule has 0 spiro atoms. The molecule has 6 heteroatoms. The van der Waals surface area contributed by atoms with E-state index in [1.807, 2.05) is 0 Å². The van der Waals surface area contributed by atoms with Crippen LogP contribution in [0.15, 0.2) is 12.1 Å². The number of carbonyl (C=O) groups is 1. The summed E-state index contributed by atoms with van der Waals surface area (Å²) in [5.41, 5.74) is -0.515. The molecule has 15 heavy (non-hydrogen) atoms. The van der Waals surface area contributed by atoms with Crippen molar-refractivity contribution in [2.45, 2.75) is 6.92 Å². The van der Waals surface area contributed by atoms with Crippen molar-refractivity contribution in [3.05, 3.63) is 32.8 Å². The lowest BCUT2D eigenvalue weighted by molar-refractivity contribution is -0.386. The first-order chi connectivity index (χ1) is 6.99. The molecule has 0 saturated heterocycles. The van der Waals surface area contributed by atoms with Gasteiger partial charge in [-0.1, -0.05) is 11.6 Å². The first-order valence-corrected chi connectivity index (χ1v) is 4.38. The van der Waals surface area contributed by atoms with Crippen molar-refractivity contribution in [2.75, 3.05) is 7.11 Å². The molecule has 0 saturated carbocycles. The number of nitrogens with zero attached hydrogens (tertiary/aromatic N) is 1. The third kappa shape index (κ3) is 2.07. The van der Waals surface area contributed by atoms with Crippen molar-refractivity contribution >= 4 is 23.1 Å². The van der Waals surface area contributed by atoms with Crippen LogP contribution in [0.5, 0.6) is 5.75 Å². The lowest BCUT2D eigenvalue weighted by Gasteiger charge is -2.06. The monoisotopic (exact) mass is 229 g/mol. The maximum atomic E-state index is 11.2. The smallest absolute Gasteiger partial charge is 0.323 e. The van der Waals surface area contributed by atoms with Crippen molar-refractivity contribution in [3.8, 4) is 5.75 Å². The van der Waals surface area contributed by atoms with Gasteiger partial charge in [-0.25, -0.2) is 0 Å². The van der Waals surface area contributed by atoms with Gasteiger partial charge in [0.05, 0.1) is 17.1 Å². The minimum Gasteiger partial charge on any atom is -0.490 e. The van der Waals surface area contributed by atoms with E-state index in [1.165, 1.54) is 26.2 Å². The Balaban J connectivity index is 3.58. The second kappa shape index (κ2) is 4.27. The maximum absolute atomic E-state index is 11.2. The number of nitro groups is 1. The molecule has 0 heterocycles. The summed E-state index contributed by atoms with van der Waals surface area (Å²) in [6.45, 7) is 1.22. The Kier molecular flexibility index (Phi) is 3.26. The molecule has 0 amide bonds. The Morgan fingerprint density at radius 3 is 2.53 bits per heavy atom. The third-order valence-corrected chi connectivity index (χ3v) is 2.16. The number of halogens is 1. The number of hydrogen-bond acceptors (Lipinski definition) is 4. The van der Waals surface area contributed by atoms with Crippen LogP contribution in [0.1, 0.15) is 17.3 Å². The van der Waals surface area contributed by atoms with Crippen LogP contribution in [-0.4, -0.2) is 17.8 Å². The molecule has 0 aromatic heterocycles. The van der Waals surface area contributed by atoms with E-state index in [0.717, 1.165) is 0 Å². The zero-order valence-electron chi connectivity index (χ0n) is 8.11. The number of carbonyl (C=O) groups excluding carboxylic acids is 1. The van der Waals surface area contributed by atoms with Crippen LogP contribution in [-0.2, 0) is 0 Å². The van der Waals surface area contributed by atoms with Crippen LogP contribution >= 0.6 is 11.6 Å². The molecule has 0 N–H and O–H groups in total. The Bertz CT molecular complexity index is 430. The summed E-state index contributed by atoms with van der Waals surface area (Å²) >= 11 is 5.72. The number of hydrogen-bond donors (Lipinski definition) is 0. The van der Waals surface area contributed by atoms with Gasteiger partial charge in [-0.15, -0.1) is 0 Å². The molecule has 0 aliphatic rings.